The average molecular weight is 149 g/mol. The van der Waals surface area contributed by atoms with Crippen molar-refractivity contribution in [2.45, 2.75) is 0 Å². The molecule has 11 heavy (non-hydrogen) atoms. The topological polar surface area (TPSA) is 90.3 Å². The summed E-state index contributed by atoms with van der Waals surface area (Å²) < 4.78 is 0. The predicted molar refractivity (Wildman–Crippen MR) is 39.8 cm³/mol. The van der Waals surface area contributed by atoms with E-state index in [0.717, 1.165) is 0 Å². The van der Waals surface area contributed by atoms with Crippen LogP contribution in [0.25, 0.3) is 0 Å². The minimum Gasteiger partial charge on any atom is -0.306 e. The minimum absolute atomic E-state index is 0.493. The molecule has 0 aliphatic carbocycles. The molecule has 55 valence electrons. The fourth-order valence-corrected chi connectivity index (χ4v) is 0.830. The van der Waals surface area contributed by atoms with Gasteiger partial charge in [0.25, 0.3) is 0 Å². The van der Waals surface area contributed by atoms with Gasteiger partial charge < -0.3 is 5.43 Å². The predicted octanol–water partition coefficient (Wildman–Crippen LogP) is -0.329. The normalized spacial score (nSPS) is 12.5. The van der Waals surface area contributed by atoms with Crippen molar-refractivity contribution in [1.82, 2.24) is 15.3 Å². The first-order valence-electron chi connectivity index (χ1n) is 2.97. The molecular weight excluding hydrogens is 144 g/mol. The van der Waals surface area contributed by atoms with Crippen molar-refractivity contribution < 1.29 is 0 Å². The van der Waals surface area contributed by atoms with E-state index in [2.05, 4.69) is 25.7 Å². The van der Waals surface area contributed by atoms with Crippen molar-refractivity contribution in [2.75, 3.05) is 5.43 Å². The number of nitrogens with zero attached hydrogens (tertiary/aromatic N) is 4. The van der Waals surface area contributed by atoms with Gasteiger partial charge in [0.2, 0.25) is 0 Å². The first-order valence-corrected chi connectivity index (χ1v) is 2.97. The van der Waals surface area contributed by atoms with Crippen molar-refractivity contribution in [1.29, 1.82) is 0 Å². The second-order valence-electron chi connectivity index (χ2n) is 1.91. The van der Waals surface area contributed by atoms with E-state index in [4.69, 9.17) is 5.84 Å². The molecule has 0 spiro atoms. The van der Waals surface area contributed by atoms with Gasteiger partial charge in [-0.3, -0.25) is 0 Å². The van der Waals surface area contributed by atoms with Gasteiger partial charge in [-0.1, -0.05) is 0 Å². The van der Waals surface area contributed by atoms with Crippen LogP contribution >= 0.6 is 0 Å². The van der Waals surface area contributed by atoms with E-state index in [1.165, 1.54) is 12.7 Å². The summed E-state index contributed by atoms with van der Waals surface area (Å²) in [7, 11) is 0. The molecule has 6 heteroatoms. The maximum absolute atomic E-state index is 5.17. The molecule has 1 radical (unpaired) electrons. The maximum atomic E-state index is 5.17. The Labute approximate surface area is 62.5 Å². The zero-order valence-electron chi connectivity index (χ0n) is 5.52. The number of aliphatic imine (C=N–C) groups is 1. The van der Waals surface area contributed by atoms with Gasteiger partial charge >= 0.3 is 0 Å². The SMILES string of the molecule is NNc1ncnc2c1[N]C=N2. The number of aromatic nitrogens is 2. The van der Waals surface area contributed by atoms with Crippen molar-refractivity contribution in [3.05, 3.63) is 6.33 Å². The maximum Gasteiger partial charge on any atom is 0.185 e. The lowest BCUT2D eigenvalue weighted by Crippen LogP contribution is -2.10. The molecule has 0 saturated heterocycles. The van der Waals surface area contributed by atoms with Gasteiger partial charge in [0.1, 0.15) is 12.7 Å². The van der Waals surface area contributed by atoms with Crippen LogP contribution in [0.3, 0.4) is 0 Å². The van der Waals surface area contributed by atoms with Crippen molar-refractivity contribution >= 4 is 23.7 Å². The van der Waals surface area contributed by atoms with Gasteiger partial charge in [-0.15, -0.1) is 0 Å². The Kier molecular flexibility index (Phi) is 1.19. The molecule has 2 rings (SSSR count). The van der Waals surface area contributed by atoms with Gasteiger partial charge in [0.05, 0.1) is 0 Å². The van der Waals surface area contributed by atoms with E-state index < -0.39 is 0 Å². The van der Waals surface area contributed by atoms with Gasteiger partial charge in [-0.25, -0.2) is 26.1 Å². The quantitative estimate of drug-likeness (QED) is 0.422. The van der Waals surface area contributed by atoms with Crippen molar-refractivity contribution in [2.24, 2.45) is 10.8 Å². The second kappa shape index (κ2) is 2.17. The molecule has 1 aromatic heterocycles. The van der Waals surface area contributed by atoms with Crippen LogP contribution in [0.5, 0.6) is 0 Å². The Hall–Kier alpha value is -1.69. The zero-order valence-corrected chi connectivity index (χ0v) is 5.52. The van der Waals surface area contributed by atoms with Crippen LogP contribution in [0.4, 0.5) is 17.3 Å². The summed E-state index contributed by atoms with van der Waals surface area (Å²) >= 11 is 0. The van der Waals surface area contributed by atoms with E-state index in [9.17, 15) is 0 Å². The summed E-state index contributed by atoms with van der Waals surface area (Å²) in [6.07, 6.45) is 2.80. The van der Waals surface area contributed by atoms with Gasteiger partial charge in [0.15, 0.2) is 17.3 Å². The second-order valence-corrected chi connectivity index (χ2v) is 1.91. The highest BCUT2D eigenvalue weighted by Crippen LogP contribution is 2.30. The lowest BCUT2D eigenvalue weighted by atomic mass is 10.4. The summed E-state index contributed by atoms with van der Waals surface area (Å²) in [5, 5.41) is 3.91. The van der Waals surface area contributed by atoms with Crippen molar-refractivity contribution in [3.8, 4) is 0 Å². The third kappa shape index (κ3) is 0.802. The molecule has 0 unspecified atom stereocenters. The molecule has 1 aromatic rings. The Morgan fingerprint density at radius 3 is 3.09 bits per heavy atom. The molecule has 1 aliphatic heterocycles. The number of fused-ring (bicyclic) bond motifs is 1. The Morgan fingerprint density at radius 1 is 1.36 bits per heavy atom. The summed E-state index contributed by atoms with van der Waals surface area (Å²) in [5.74, 6) is 6.21. The molecule has 0 aromatic carbocycles. The fourth-order valence-electron chi connectivity index (χ4n) is 0.830. The summed E-state index contributed by atoms with van der Waals surface area (Å²) in [5.41, 5.74) is 3.00. The van der Waals surface area contributed by atoms with Crippen LogP contribution in [-0.4, -0.2) is 16.3 Å². The minimum atomic E-state index is 0.493. The summed E-state index contributed by atoms with van der Waals surface area (Å²) in [6.45, 7) is 0. The first-order chi connectivity index (χ1) is 5.42. The molecule has 0 bridgehead atoms. The van der Waals surface area contributed by atoms with Crippen LogP contribution in [0.2, 0.25) is 0 Å². The van der Waals surface area contributed by atoms with E-state index in [1.807, 2.05) is 0 Å². The standard InChI is InChI=1S/C5H5N6/c6-11-5-3-4(8-1-7-3)9-2-10-5/h1-2H,6H2,(H,9,10,11). The van der Waals surface area contributed by atoms with Crippen molar-refractivity contribution in [3.63, 3.8) is 0 Å². The summed E-state index contributed by atoms with van der Waals surface area (Å²) in [6, 6.07) is 0. The van der Waals surface area contributed by atoms with Crippen LogP contribution in [-0.2, 0) is 0 Å². The molecule has 3 N–H and O–H groups in total. The number of hydrazine groups is 1. The first kappa shape index (κ1) is 6.05. The monoisotopic (exact) mass is 149 g/mol. The molecule has 2 heterocycles. The van der Waals surface area contributed by atoms with Gasteiger partial charge in [0, 0.05) is 0 Å². The van der Waals surface area contributed by atoms with Crippen LogP contribution < -0.4 is 16.6 Å². The highest BCUT2D eigenvalue weighted by Gasteiger charge is 2.13. The van der Waals surface area contributed by atoms with Gasteiger partial charge in [-0.05, 0) is 0 Å². The number of rotatable bonds is 1. The number of hydrogen-bond donors (Lipinski definition) is 2. The van der Waals surface area contributed by atoms with E-state index in [-0.39, 0.29) is 0 Å². The summed E-state index contributed by atoms with van der Waals surface area (Å²) in [4.78, 5) is 11.6. The Bertz CT molecular complexity index is 306. The third-order valence-corrected chi connectivity index (χ3v) is 1.31. The Morgan fingerprint density at radius 2 is 2.27 bits per heavy atom. The smallest absolute Gasteiger partial charge is 0.185 e. The highest BCUT2D eigenvalue weighted by molar-refractivity contribution is 5.85. The molecule has 0 amide bonds. The van der Waals surface area contributed by atoms with E-state index in [0.29, 0.717) is 17.3 Å². The number of nitrogens with two attached hydrogens (primary N) is 1. The fraction of sp³-hybridized carbons (Fsp3) is 0. The molecule has 0 fully saturated rings. The number of hydrogen-bond acceptors (Lipinski definition) is 5. The average Bonchev–Trinajstić information content (AvgIpc) is 2.50. The zero-order chi connectivity index (χ0) is 7.68. The molecule has 0 saturated carbocycles. The third-order valence-electron chi connectivity index (χ3n) is 1.31. The number of anilines is 1. The van der Waals surface area contributed by atoms with Gasteiger partial charge in [-0.2, -0.15) is 0 Å². The molecule has 1 aliphatic rings. The lowest BCUT2D eigenvalue weighted by molar-refractivity contribution is 1.12. The molecule has 6 nitrogen and oxygen atoms in total. The van der Waals surface area contributed by atoms with E-state index in [1.54, 1.807) is 0 Å². The number of nitrogens with one attached hydrogen (secondary N) is 1. The van der Waals surface area contributed by atoms with Crippen LogP contribution in [0, 0.1) is 0 Å². The number of nitrogen functional groups attached to an aromatic ring is 1. The van der Waals surface area contributed by atoms with Crippen LogP contribution in [0.1, 0.15) is 0 Å². The molecule has 0 atom stereocenters. The lowest BCUT2D eigenvalue weighted by Gasteiger charge is -2.01. The highest BCUT2D eigenvalue weighted by atomic mass is 15.3. The molecular formula is C5H5N6. The Balaban J connectivity index is 2.55. The van der Waals surface area contributed by atoms with E-state index >= 15 is 0 Å². The van der Waals surface area contributed by atoms with Crippen LogP contribution in [0.15, 0.2) is 11.3 Å². The largest absolute Gasteiger partial charge is 0.306 e.